The third kappa shape index (κ3) is 6.70. The average Bonchev–Trinajstić information content (AvgIpc) is 2.83. The number of hydrogen-bond donors (Lipinski definition) is 0. The van der Waals surface area contributed by atoms with Gasteiger partial charge in [0.25, 0.3) is 0 Å². The van der Waals surface area contributed by atoms with E-state index in [9.17, 15) is 0 Å². The first-order chi connectivity index (χ1) is 9.29. The normalized spacial score (nSPS) is 17.7. The topological polar surface area (TPSA) is 43.8 Å². The maximum absolute atomic E-state index is 5.79. The van der Waals surface area contributed by atoms with Crippen LogP contribution in [0.4, 0.5) is 0 Å². The molecule has 0 aromatic carbocycles. The zero-order valence-electron chi connectivity index (χ0n) is 12.5. The van der Waals surface area contributed by atoms with Crippen LogP contribution < -0.4 is 9.47 Å². The Morgan fingerprint density at radius 2 is 1.90 bits per heavy atom. The molecule has 122 valence electrons. The number of aromatic nitrogens is 1. The van der Waals surface area contributed by atoms with Gasteiger partial charge in [0.2, 0.25) is 0 Å². The van der Waals surface area contributed by atoms with Crippen molar-refractivity contribution in [2.45, 2.75) is 18.9 Å². The number of nitrogens with zero attached hydrogens (tertiary/aromatic N) is 2. The summed E-state index contributed by atoms with van der Waals surface area (Å²) in [5.74, 6) is 1.48. The third-order valence-electron chi connectivity index (χ3n) is 3.36. The number of pyridine rings is 1. The number of likely N-dealkylation sites (tertiary alicyclic amines) is 1. The first-order valence-electron chi connectivity index (χ1n) is 6.69. The molecule has 1 aromatic heterocycles. The summed E-state index contributed by atoms with van der Waals surface area (Å²) >= 11 is 0. The zero-order chi connectivity index (χ0) is 13.5. The van der Waals surface area contributed by atoms with Crippen molar-refractivity contribution >= 4 is 24.8 Å². The Labute approximate surface area is 138 Å². The lowest BCUT2D eigenvalue weighted by Crippen LogP contribution is -2.30. The van der Waals surface area contributed by atoms with Gasteiger partial charge in [-0.15, -0.1) is 24.8 Å². The van der Waals surface area contributed by atoms with E-state index in [1.807, 2.05) is 6.07 Å². The highest BCUT2D eigenvalue weighted by Crippen LogP contribution is 2.20. The lowest BCUT2D eigenvalue weighted by atomic mass is 10.2. The SMILES string of the molecule is COCCOc1cncc(OC[C@@H]2CCCN2C)c1.Cl.Cl. The molecule has 5 nitrogen and oxygen atoms in total. The second-order valence-corrected chi connectivity index (χ2v) is 4.79. The van der Waals surface area contributed by atoms with E-state index in [-0.39, 0.29) is 24.8 Å². The molecular formula is C14H24Cl2N2O3. The summed E-state index contributed by atoms with van der Waals surface area (Å²) in [5, 5.41) is 0. The van der Waals surface area contributed by atoms with E-state index in [0.717, 1.165) is 12.3 Å². The summed E-state index contributed by atoms with van der Waals surface area (Å²) in [4.78, 5) is 6.46. The van der Waals surface area contributed by atoms with Gasteiger partial charge in [0.15, 0.2) is 0 Å². The molecule has 1 atom stereocenters. The molecule has 1 aliphatic heterocycles. The van der Waals surface area contributed by atoms with Crippen LogP contribution in [-0.4, -0.2) is 56.4 Å². The summed E-state index contributed by atoms with van der Waals surface area (Å²) in [6.07, 6.45) is 5.86. The van der Waals surface area contributed by atoms with E-state index in [2.05, 4.69) is 16.9 Å². The molecule has 0 saturated carbocycles. The van der Waals surface area contributed by atoms with Gasteiger partial charge in [-0.25, -0.2) is 0 Å². The van der Waals surface area contributed by atoms with E-state index in [4.69, 9.17) is 14.2 Å². The minimum atomic E-state index is 0. The van der Waals surface area contributed by atoms with Crippen LogP contribution in [0.1, 0.15) is 12.8 Å². The van der Waals surface area contributed by atoms with Crippen LogP contribution in [0.25, 0.3) is 0 Å². The molecular weight excluding hydrogens is 315 g/mol. The molecule has 0 unspecified atom stereocenters. The maximum atomic E-state index is 5.79. The predicted octanol–water partition coefficient (Wildman–Crippen LogP) is 2.42. The fourth-order valence-corrected chi connectivity index (χ4v) is 2.18. The minimum absolute atomic E-state index is 0. The Balaban J connectivity index is 0.00000200. The van der Waals surface area contributed by atoms with Crippen molar-refractivity contribution in [3.63, 3.8) is 0 Å². The van der Waals surface area contributed by atoms with Crippen molar-refractivity contribution < 1.29 is 14.2 Å². The molecule has 1 aromatic rings. The molecule has 0 spiro atoms. The number of rotatable bonds is 7. The smallest absolute Gasteiger partial charge is 0.141 e. The Morgan fingerprint density at radius 1 is 1.19 bits per heavy atom. The van der Waals surface area contributed by atoms with Gasteiger partial charge in [-0.3, -0.25) is 4.98 Å². The zero-order valence-corrected chi connectivity index (χ0v) is 14.1. The van der Waals surface area contributed by atoms with Crippen LogP contribution in [-0.2, 0) is 4.74 Å². The molecule has 0 radical (unpaired) electrons. The van der Waals surface area contributed by atoms with E-state index < -0.39 is 0 Å². The highest BCUT2D eigenvalue weighted by atomic mass is 35.5. The maximum Gasteiger partial charge on any atom is 0.141 e. The summed E-state index contributed by atoms with van der Waals surface area (Å²) in [6, 6.07) is 2.38. The number of ether oxygens (including phenoxy) is 3. The monoisotopic (exact) mass is 338 g/mol. The van der Waals surface area contributed by atoms with E-state index in [0.29, 0.717) is 31.6 Å². The molecule has 1 saturated heterocycles. The molecule has 7 heteroatoms. The van der Waals surface area contributed by atoms with Gasteiger partial charge in [-0.1, -0.05) is 0 Å². The molecule has 21 heavy (non-hydrogen) atoms. The summed E-state index contributed by atoms with van der Waals surface area (Å²) in [5.41, 5.74) is 0. The van der Waals surface area contributed by atoms with Crippen LogP contribution in [0.3, 0.4) is 0 Å². The predicted molar refractivity (Wildman–Crippen MR) is 87.3 cm³/mol. The fourth-order valence-electron chi connectivity index (χ4n) is 2.18. The Hall–Kier alpha value is -0.750. The lowest BCUT2D eigenvalue weighted by molar-refractivity contribution is 0.145. The Morgan fingerprint density at radius 3 is 2.52 bits per heavy atom. The van der Waals surface area contributed by atoms with Gasteiger partial charge in [0.1, 0.15) is 24.7 Å². The average molecular weight is 339 g/mol. The molecule has 1 fully saturated rings. The lowest BCUT2D eigenvalue weighted by Gasteiger charge is -2.19. The van der Waals surface area contributed by atoms with Crippen LogP contribution in [0, 0.1) is 0 Å². The van der Waals surface area contributed by atoms with Gasteiger partial charge >= 0.3 is 0 Å². The van der Waals surface area contributed by atoms with Crippen molar-refractivity contribution in [3.8, 4) is 11.5 Å². The first-order valence-corrected chi connectivity index (χ1v) is 6.69. The van der Waals surface area contributed by atoms with Crippen LogP contribution in [0.2, 0.25) is 0 Å². The second kappa shape index (κ2) is 10.9. The summed E-state index contributed by atoms with van der Waals surface area (Å²) in [6.45, 7) is 2.96. The standard InChI is InChI=1S/C14H22N2O3.2ClH/c1-16-5-3-4-12(16)11-19-14-8-13(9-15-10-14)18-7-6-17-2;;/h8-10,12H,3-7,11H2,1-2H3;2*1H/t12-;;/m0../s1. The third-order valence-corrected chi connectivity index (χ3v) is 3.36. The Bertz CT molecular complexity index is 396. The van der Waals surface area contributed by atoms with Crippen LogP contribution in [0.5, 0.6) is 11.5 Å². The van der Waals surface area contributed by atoms with E-state index in [1.54, 1.807) is 19.5 Å². The summed E-state index contributed by atoms with van der Waals surface area (Å²) in [7, 11) is 3.79. The molecule has 2 rings (SSSR count). The molecule has 2 heterocycles. The van der Waals surface area contributed by atoms with Crippen molar-refractivity contribution in [2.75, 3.05) is 40.5 Å². The van der Waals surface area contributed by atoms with Gasteiger partial charge in [0, 0.05) is 19.2 Å². The van der Waals surface area contributed by atoms with Crippen LogP contribution >= 0.6 is 24.8 Å². The molecule has 0 N–H and O–H groups in total. The highest BCUT2D eigenvalue weighted by molar-refractivity contribution is 5.85. The Kier molecular flexibility index (Phi) is 10.5. The molecule has 1 aliphatic rings. The largest absolute Gasteiger partial charge is 0.490 e. The quantitative estimate of drug-likeness (QED) is 0.714. The highest BCUT2D eigenvalue weighted by Gasteiger charge is 2.21. The molecule has 0 bridgehead atoms. The first kappa shape index (κ1) is 20.2. The minimum Gasteiger partial charge on any atom is -0.490 e. The van der Waals surface area contributed by atoms with Crippen molar-refractivity contribution in [2.24, 2.45) is 0 Å². The number of methoxy groups -OCH3 is 1. The second-order valence-electron chi connectivity index (χ2n) is 4.79. The van der Waals surface area contributed by atoms with Crippen molar-refractivity contribution in [3.05, 3.63) is 18.5 Å². The van der Waals surface area contributed by atoms with Gasteiger partial charge in [-0.2, -0.15) is 0 Å². The van der Waals surface area contributed by atoms with E-state index >= 15 is 0 Å². The van der Waals surface area contributed by atoms with Crippen molar-refractivity contribution in [1.82, 2.24) is 9.88 Å². The number of halogens is 2. The van der Waals surface area contributed by atoms with Crippen LogP contribution in [0.15, 0.2) is 18.5 Å². The van der Waals surface area contributed by atoms with Gasteiger partial charge in [-0.05, 0) is 26.4 Å². The van der Waals surface area contributed by atoms with E-state index in [1.165, 1.54) is 12.8 Å². The number of hydrogen-bond acceptors (Lipinski definition) is 5. The molecule has 0 amide bonds. The number of likely N-dealkylation sites (N-methyl/N-ethyl adjacent to an activating group) is 1. The summed E-state index contributed by atoms with van der Waals surface area (Å²) < 4.78 is 16.2. The van der Waals surface area contributed by atoms with Crippen molar-refractivity contribution in [1.29, 1.82) is 0 Å². The molecule has 0 aliphatic carbocycles. The fraction of sp³-hybridized carbons (Fsp3) is 0.643. The van der Waals surface area contributed by atoms with Gasteiger partial charge in [0.05, 0.1) is 19.0 Å². The van der Waals surface area contributed by atoms with Gasteiger partial charge < -0.3 is 19.1 Å².